The zero-order chi connectivity index (χ0) is 16.4. The third-order valence-corrected chi connectivity index (χ3v) is 4.45. The first-order chi connectivity index (χ1) is 11.8. The molecule has 0 saturated carbocycles. The van der Waals surface area contributed by atoms with Crippen molar-refractivity contribution in [2.45, 2.75) is 12.8 Å². The van der Waals surface area contributed by atoms with Crippen LogP contribution in [0.15, 0.2) is 43.0 Å². The molecule has 2 aromatic heterocycles. The van der Waals surface area contributed by atoms with Crippen LogP contribution in [0.3, 0.4) is 0 Å². The minimum absolute atomic E-state index is 0.0259. The van der Waals surface area contributed by atoms with Crippen molar-refractivity contribution in [3.8, 4) is 0 Å². The number of nitrogens with zero attached hydrogens (tertiary/aromatic N) is 4. The SMILES string of the molecule is O=C(Nc1ccc2[nH]ncc2c1)C1CCN(c2cnccn2)CC1. The Kier molecular flexibility index (Phi) is 3.82. The number of hydrogen-bond acceptors (Lipinski definition) is 5. The molecule has 1 fully saturated rings. The normalized spacial score (nSPS) is 15.6. The number of benzene rings is 1. The van der Waals surface area contributed by atoms with Crippen molar-refractivity contribution in [1.82, 2.24) is 20.2 Å². The Bertz CT molecular complexity index is 838. The third-order valence-electron chi connectivity index (χ3n) is 4.45. The van der Waals surface area contributed by atoms with Crippen LogP contribution >= 0.6 is 0 Å². The number of H-pyrrole nitrogens is 1. The van der Waals surface area contributed by atoms with Gasteiger partial charge < -0.3 is 10.2 Å². The number of fused-ring (bicyclic) bond motifs is 1. The Hall–Kier alpha value is -2.96. The highest BCUT2D eigenvalue weighted by molar-refractivity contribution is 5.95. The summed E-state index contributed by atoms with van der Waals surface area (Å²) in [4.78, 5) is 23.1. The number of anilines is 2. The van der Waals surface area contributed by atoms with Crippen LogP contribution in [0.25, 0.3) is 10.9 Å². The Morgan fingerprint density at radius 3 is 2.88 bits per heavy atom. The van der Waals surface area contributed by atoms with E-state index in [1.807, 2.05) is 18.2 Å². The molecule has 7 nitrogen and oxygen atoms in total. The predicted octanol–water partition coefficient (Wildman–Crippen LogP) is 2.21. The van der Waals surface area contributed by atoms with Crippen molar-refractivity contribution in [2.24, 2.45) is 5.92 Å². The molecule has 1 aromatic carbocycles. The number of nitrogens with one attached hydrogen (secondary N) is 2. The van der Waals surface area contributed by atoms with Gasteiger partial charge in [-0.2, -0.15) is 5.10 Å². The molecule has 1 aliphatic heterocycles. The molecule has 1 aliphatic rings. The van der Waals surface area contributed by atoms with E-state index in [9.17, 15) is 4.79 Å². The van der Waals surface area contributed by atoms with Gasteiger partial charge in [-0.1, -0.05) is 0 Å². The van der Waals surface area contributed by atoms with E-state index in [-0.39, 0.29) is 11.8 Å². The molecule has 0 spiro atoms. The Morgan fingerprint density at radius 1 is 1.21 bits per heavy atom. The van der Waals surface area contributed by atoms with E-state index in [0.29, 0.717) is 0 Å². The van der Waals surface area contributed by atoms with Crippen LogP contribution in [0.5, 0.6) is 0 Å². The highest BCUT2D eigenvalue weighted by Gasteiger charge is 2.25. The van der Waals surface area contributed by atoms with Crippen LogP contribution in [-0.4, -0.2) is 39.2 Å². The summed E-state index contributed by atoms with van der Waals surface area (Å²) in [5.41, 5.74) is 1.77. The average Bonchev–Trinajstić information content (AvgIpc) is 3.10. The smallest absolute Gasteiger partial charge is 0.227 e. The Morgan fingerprint density at radius 2 is 2.08 bits per heavy atom. The van der Waals surface area contributed by atoms with Gasteiger partial charge in [0.1, 0.15) is 5.82 Å². The third kappa shape index (κ3) is 2.92. The first kappa shape index (κ1) is 14.6. The monoisotopic (exact) mass is 322 g/mol. The number of rotatable bonds is 3. The second-order valence-corrected chi connectivity index (χ2v) is 5.99. The lowest BCUT2D eigenvalue weighted by molar-refractivity contribution is -0.120. The average molecular weight is 322 g/mol. The van der Waals surface area contributed by atoms with Crippen LogP contribution in [-0.2, 0) is 4.79 Å². The molecule has 0 radical (unpaired) electrons. The molecule has 122 valence electrons. The van der Waals surface area contributed by atoms with E-state index >= 15 is 0 Å². The van der Waals surface area contributed by atoms with Crippen molar-refractivity contribution < 1.29 is 4.79 Å². The number of aromatic nitrogens is 4. The zero-order valence-corrected chi connectivity index (χ0v) is 13.1. The van der Waals surface area contributed by atoms with E-state index < -0.39 is 0 Å². The molecule has 4 rings (SSSR count). The molecule has 0 bridgehead atoms. The maximum Gasteiger partial charge on any atom is 0.227 e. The van der Waals surface area contributed by atoms with E-state index in [4.69, 9.17) is 0 Å². The molecule has 3 heterocycles. The predicted molar refractivity (Wildman–Crippen MR) is 91.7 cm³/mol. The highest BCUT2D eigenvalue weighted by Crippen LogP contribution is 2.23. The molecule has 0 aliphatic carbocycles. The molecule has 1 amide bonds. The fourth-order valence-electron chi connectivity index (χ4n) is 3.09. The van der Waals surface area contributed by atoms with E-state index in [2.05, 4.69) is 30.4 Å². The molecule has 7 heteroatoms. The van der Waals surface area contributed by atoms with Gasteiger partial charge >= 0.3 is 0 Å². The molecule has 1 saturated heterocycles. The van der Waals surface area contributed by atoms with Gasteiger partial charge in [-0.05, 0) is 31.0 Å². The van der Waals surface area contributed by atoms with Crippen molar-refractivity contribution >= 4 is 28.3 Å². The topological polar surface area (TPSA) is 86.8 Å². The first-order valence-electron chi connectivity index (χ1n) is 8.04. The summed E-state index contributed by atoms with van der Waals surface area (Å²) in [6.07, 6.45) is 8.51. The minimum Gasteiger partial charge on any atom is -0.355 e. The number of carbonyl (C=O) groups excluding carboxylic acids is 1. The largest absolute Gasteiger partial charge is 0.355 e. The maximum absolute atomic E-state index is 12.5. The van der Waals surface area contributed by atoms with E-state index in [1.54, 1.807) is 24.8 Å². The van der Waals surface area contributed by atoms with Crippen LogP contribution in [0.2, 0.25) is 0 Å². The summed E-state index contributed by atoms with van der Waals surface area (Å²) < 4.78 is 0. The van der Waals surface area contributed by atoms with E-state index in [1.165, 1.54) is 0 Å². The summed E-state index contributed by atoms with van der Waals surface area (Å²) in [7, 11) is 0. The van der Waals surface area contributed by atoms with Crippen LogP contribution in [0, 0.1) is 5.92 Å². The van der Waals surface area contributed by atoms with Crippen molar-refractivity contribution in [3.63, 3.8) is 0 Å². The fraction of sp³-hybridized carbons (Fsp3) is 0.294. The van der Waals surface area contributed by atoms with Gasteiger partial charge in [0.25, 0.3) is 0 Å². The Labute approximate surface area is 139 Å². The lowest BCUT2D eigenvalue weighted by Gasteiger charge is -2.31. The quantitative estimate of drug-likeness (QED) is 0.772. The molecule has 0 unspecified atom stereocenters. The summed E-state index contributed by atoms with van der Waals surface area (Å²) in [6.45, 7) is 1.63. The number of amides is 1. The standard InChI is InChI=1S/C17H18N6O/c24-17(21-14-1-2-15-13(9-14)10-20-22-15)12-3-7-23(8-4-12)16-11-18-5-6-19-16/h1-2,5-6,9-12H,3-4,7-8H2,(H,20,22)(H,21,24). The molecule has 0 atom stereocenters. The maximum atomic E-state index is 12.5. The summed E-state index contributed by atoms with van der Waals surface area (Å²) in [5.74, 6) is 0.983. The van der Waals surface area contributed by atoms with Gasteiger partial charge in [0.05, 0.1) is 17.9 Å². The number of aromatic amines is 1. The molecule has 3 aromatic rings. The van der Waals surface area contributed by atoms with Gasteiger partial charge in [-0.25, -0.2) is 4.98 Å². The highest BCUT2D eigenvalue weighted by atomic mass is 16.1. The second kappa shape index (κ2) is 6.27. The summed E-state index contributed by atoms with van der Waals surface area (Å²) >= 11 is 0. The molecular formula is C17H18N6O. The van der Waals surface area contributed by atoms with Crippen LogP contribution in [0.1, 0.15) is 12.8 Å². The molecule has 24 heavy (non-hydrogen) atoms. The van der Waals surface area contributed by atoms with Crippen molar-refractivity contribution in [3.05, 3.63) is 43.0 Å². The zero-order valence-electron chi connectivity index (χ0n) is 13.1. The summed E-state index contributed by atoms with van der Waals surface area (Å²) in [5, 5.41) is 10.9. The van der Waals surface area contributed by atoms with E-state index in [0.717, 1.165) is 48.3 Å². The Balaban J connectivity index is 1.37. The first-order valence-corrected chi connectivity index (χ1v) is 8.04. The minimum atomic E-state index is 0.0259. The lowest BCUT2D eigenvalue weighted by atomic mass is 9.96. The number of piperidine rings is 1. The molecular weight excluding hydrogens is 304 g/mol. The number of hydrogen-bond donors (Lipinski definition) is 2. The van der Waals surface area contributed by atoms with Crippen LogP contribution in [0.4, 0.5) is 11.5 Å². The van der Waals surface area contributed by atoms with Gasteiger partial charge in [0.15, 0.2) is 0 Å². The fourth-order valence-corrected chi connectivity index (χ4v) is 3.09. The second-order valence-electron chi connectivity index (χ2n) is 5.99. The van der Waals surface area contributed by atoms with Crippen molar-refractivity contribution in [1.29, 1.82) is 0 Å². The van der Waals surface area contributed by atoms with Gasteiger partial charge in [-0.15, -0.1) is 0 Å². The van der Waals surface area contributed by atoms with Gasteiger partial charge in [0, 0.05) is 42.5 Å². The van der Waals surface area contributed by atoms with Crippen LogP contribution < -0.4 is 10.2 Å². The summed E-state index contributed by atoms with van der Waals surface area (Å²) in [6, 6.07) is 5.76. The lowest BCUT2D eigenvalue weighted by Crippen LogP contribution is -2.38. The van der Waals surface area contributed by atoms with Crippen molar-refractivity contribution in [2.75, 3.05) is 23.3 Å². The van der Waals surface area contributed by atoms with Gasteiger partial charge in [0.2, 0.25) is 5.91 Å². The van der Waals surface area contributed by atoms with Gasteiger partial charge in [-0.3, -0.25) is 14.9 Å². The number of carbonyl (C=O) groups is 1. The molecule has 2 N–H and O–H groups in total.